The fourth-order valence-electron chi connectivity index (χ4n) is 3.30. The largest absolute Gasteiger partial charge is 0.423 e. The molecule has 0 radical (unpaired) electrons. The van der Waals surface area contributed by atoms with E-state index in [1.165, 1.54) is 11.0 Å². The van der Waals surface area contributed by atoms with Gasteiger partial charge in [-0.3, -0.25) is 9.69 Å². The van der Waals surface area contributed by atoms with Gasteiger partial charge in [0.05, 0.1) is 6.54 Å². The van der Waals surface area contributed by atoms with Gasteiger partial charge < -0.3 is 9.73 Å². The first-order chi connectivity index (χ1) is 11.9. The lowest BCUT2D eigenvalue weighted by Gasteiger charge is -2.19. The number of hydrogen-bond donors (Lipinski definition) is 1. The fourth-order valence-corrected chi connectivity index (χ4v) is 4.79. The highest BCUT2D eigenvalue weighted by atomic mass is 35.5. The first-order valence-corrected chi connectivity index (χ1v) is 9.38. The Morgan fingerprint density at radius 1 is 1.32 bits per heavy atom. The summed E-state index contributed by atoms with van der Waals surface area (Å²) in [6, 6.07) is 4.27. The average molecular weight is 379 g/mol. The Hall–Kier alpha value is -1.99. The van der Waals surface area contributed by atoms with E-state index in [1.807, 2.05) is 6.92 Å². The van der Waals surface area contributed by atoms with Crippen LogP contribution >= 0.6 is 23.4 Å². The monoisotopic (exact) mass is 378 g/mol. The zero-order chi connectivity index (χ0) is 17.8. The summed E-state index contributed by atoms with van der Waals surface area (Å²) in [5.41, 5.74) is 0.390. The number of amides is 3. The predicted octanol–water partition coefficient (Wildman–Crippen LogP) is 2.68. The standard InChI is InChI=1S/C17H15ClN2O4S/c1-9-4-13-11(6-12(9)18)10(5-14(21)24-13)7-20-15(22)17(19-16(20)23)2-3-25-8-17/h4-6H,2-3,7-8H2,1H3,(H,19,23). The van der Waals surface area contributed by atoms with Gasteiger partial charge >= 0.3 is 11.7 Å². The van der Waals surface area contributed by atoms with Crippen molar-refractivity contribution in [3.8, 4) is 0 Å². The number of nitrogens with one attached hydrogen (secondary N) is 1. The van der Waals surface area contributed by atoms with Crippen molar-refractivity contribution in [2.24, 2.45) is 0 Å². The maximum Gasteiger partial charge on any atom is 0.336 e. The molecule has 0 bridgehead atoms. The van der Waals surface area contributed by atoms with Gasteiger partial charge in [0, 0.05) is 22.2 Å². The lowest BCUT2D eigenvalue weighted by Crippen LogP contribution is -2.46. The molecular formula is C17H15ClN2O4S. The Labute approximate surface area is 152 Å². The minimum Gasteiger partial charge on any atom is -0.423 e. The highest BCUT2D eigenvalue weighted by Gasteiger charge is 2.52. The molecule has 3 heterocycles. The molecular weight excluding hydrogens is 364 g/mol. The number of thioether (sulfide) groups is 1. The van der Waals surface area contributed by atoms with Gasteiger partial charge in [0.2, 0.25) is 0 Å². The Kier molecular flexibility index (Phi) is 3.81. The van der Waals surface area contributed by atoms with Gasteiger partial charge in [0.25, 0.3) is 5.91 Å². The van der Waals surface area contributed by atoms with Crippen molar-refractivity contribution >= 4 is 46.3 Å². The lowest BCUT2D eigenvalue weighted by atomic mass is 9.99. The van der Waals surface area contributed by atoms with E-state index in [0.717, 1.165) is 11.3 Å². The molecule has 0 aliphatic carbocycles. The maximum absolute atomic E-state index is 12.8. The summed E-state index contributed by atoms with van der Waals surface area (Å²) in [7, 11) is 0. The number of nitrogens with zero attached hydrogens (tertiary/aromatic N) is 1. The first kappa shape index (κ1) is 16.5. The van der Waals surface area contributed by atoms with Crippen molar-refractivity contribution in [2.45, 2.75) is 25.4 Å². The second-order valence-corrected chi connectivity index (χ2v) is 7.91. The van der Waals surface area contributed by atoms with Crippen LogP contribution in [0.3, 0.4) is 0 Å². The van der Waals surface area contributed by atoms with Crippen molar-refractivity contribution in [2.75, 3.05) is 11.5 Å². The summed E-state index contributed by atoms with van der Waals surface area (Å²) in [6.45, 7) is 1.83. The van der Waals surface area contributed by atoms with Crippen molar-refractivity contribution in [1.29, 1.82) is 0 Å². The highest BCUT2D eigenvalue weighted by molar-refractivity contribution is 7.99. The smallest absolute Gasteiger partial charge is 0.336 e. The van der Waals surface area contributed by atoms with E-state index < -0.39 is 17.2 Å². The van der Waals surface area contributed by atoms with Crippen LogP contribution in [0.4, 0.5) is 4.79 Å². The number of carbonyl (C=O) groups excluding carboxylic acids is 2. The van der Waals surface area contributed by atoms with Crippen molar-refractivity contribution in [3.63, 3.8) is 0 Å². The van der Waals surface area contributed by atoms with Crippen LogP contribution in [0.5, 0.6) is 0 Å². The summed E-state index contributed by atoms with van der Waals surface area (Å²) in [5, 5.41) is 3.98. The number of benzene rings is 1. The fraction of sp³-hybridized carbons (Fsp3) is 0.353. The Balaban J connectivity index is 1.76. The zero-order valence-corrected chi connectivity index (χ0v) is 15.0. The third-order valence-corrected chi connectivity index (χ3v) is 6.30. The summed E-state index contributed by atoms with van der Waals surface area (Å²) in [4.78, 5) is 38.2. The molecule has 3 amide bonds. The van der Waals surface area contributed by atoms with Gasteiger partial charge in [-0.2, -0.15) is 11.8 Å². The molecule has 0 saturated carbocycles. The van der Waals surface area contributed by atoms with Gasteiger partial charge in [0.1, 0.15) is 11.1 Å². The van der Waals surface area contributed by atoms with E-state index >= 15 is 0 Å². The second-order valence-electron chi connectivity index (χ2n) is 6.39. The molecule has 1 N–H and O–H groups in total. The van der Waals surface area contributed by atoms with Crippen LogP contribution in [0, 0.1) is 6.92 Å². The van der Waals surface area contributed by atoms with Crippen LogP contribution in [0.1, 0.15) is 17.5 Å². The van der Waals surface area contributed by atoms with Crippen LogP contribution in [-0.2, 0) is 11.3 Å². The summed E-state index contributed by atoms with van der Waals surface area (Å²) in [6.07, 6.45) is 0.626. The molecule has 2 aliphatic rings. The minimum absolute atomic E-state index is 0.0125. The van der Waals surface area contributed by atoms with Crippen molar-refractivity contribution in [3.05, 3.63) is 44.8 Å². The number of fused-ring (bicyclic) bond motifs is 1. The predicted molar refractivity (Wildman–Crippen MR) is 96.0 cm³/mol. The van der Waals surface area contributed by atoms with Crippen LogP contribution in [0.15, 0.2) is 27.4 Å². The number of hydrogen-bond acceptors (Lipinski definition) is 5. The van der Waals surface area contributed by atoms with Gasteiger partial charge in [-0.1, -0.05) is 11.6 Å². The molecule has 2 saturated heterocycles. The summed E-state index contributed by atoms with van der Waals surface area (Å²) >= 11 is 7.84. The molecule has 1 spiro atoms. The molecule has 8 heteroatoms. The number of imide groups is 1. The molecule has 1 aromatic carbocycles. The Morgan fingerprint density at radius 3 is 2.84 bits per heavy atom. The van der Waals surface area contributed by atoms with E-state index in [0.29, 0.717) is 33.7 Å². The van der Waals surface area contributed by atoms with Gasteiger partial charge in [-0.15, -0.1) is 0 Å². The number of carbonyl (C=O) groups is 2. The second kappa shape index (κ2) is 5.78. The summed E-state index contributed by atoms with van der Waals surface area (Å²) < 4.78 is 5.23. The molecule has 1 aromatic heterocycles. The third kappa shape index (κ3) is 2.62. The normalized spacial score (nSPS) is 23.0. The SMILES string of the molecule is Cc1cc2oc(=O)cc(CN3C(=O)NC4(CCSC4)C3=O)c2cc1Cl. The number of rotatable bonds is 2. The van der Waals surface area contributed by atoms with Crippen molar-refractivity contribution < 1.29 is 14.0 Å². The van der Waals surface area contributed by atoms with Crippen LogP contribution in [-0.4, -0.2) is 33.9 Å². The first-order valence-electron chi connectivity index (χ1n) is 7.84. The molecule has 130 valence electrons. The molecule has 6 nitrogen and oxygen atoms in total. The highest BCUT2D eigenvalue weighted by Crippen LogP contribution is 2.34. The number of aryl methyl sites for hydroxylation is 1. The molecule has 2 aliphatic heterocycles. The molecule has 25 heavy (non-hydrogen) atoms. The van der Waals surface area contributed by atoms with Crippen LogP contribution in [0.25, 0.3) is 11.0 Å². The van der Waals surface area contributed by atoms with Crippen LogP contribution in [0.2, 0.25) is 5.02 Å². The molecule has 2 aromatic rings. The lowest BCUT2D eigenvalue weighted by molar-refractivity contribution is -0.130. The van der Waals surface area contributed by atoms with E-state index in [2.05, 4.69) is 5.32 Å². The van der Waals surface area contributed by atoms with E-state index in [-0.39, 0.29) is 12.5 Å². The average Bonchev–Trinajstić information content (AvgIpc) is 3.10. The number of halogens is 1. The van der Waals surface area contributed by atoms with E-state index in [1.54, 1.807) is 23.9 Å². The quantitative estimate of drug-likeness (QED) is 0.642. The molecule has 2 fully saturated rings. The topological polar surface area (TPSA) is 79.6 Å². The zero-order valence-electron chi connectivity index (χ0n) is 13.4. The molecule has 4 rings (SSSR count). The maximum atomic E-state index is 12.8. The van der Waals surface area contributed by atoms with Crippen molar-refractivity contribution in [1.82, 2.24) is 10.2 Å². The van der Waals surface area contributed by atoms with Gasteiger partial charge in [0.15, 0.2) is 0 Å². The van der Waals surface area contributed by atoms with Gasteiger partial charge in [-0.05, 0) is 42.4 Å². The third-order valence-electron chi connectivity index (χ3n) is 4.71. The molecule has 1 unspecified atom stereocenters. The van der Waals surface area contributed by atoms with E-state index in [9.17, 15) is 14.4 Å². The Morgan fingerprint density at radius 2 is 2.12 bits per heavy atom. The van der Waals surface area contributed by atoms with E-state index in [4.69, 9.17) is 16.0 Å². The van der Waals surface area contributed by atoms with Gasteiger partial charge in [-0.25, -0.2) is 9.59 Å². The minimum atomic E-state index is -0.800. The summed E-state index contributed by atoms with van der Waals surface area (Å²) in [5.74, 6) is 1.19. The Bertz CT molecular complexity index is 965. The molecule has 1 atom stereocenters. The van der Waals surface area contributed by atoms with Crippen LogP contribution < -0.4 is 10.9 Å². The number of urea groups is 1.